The van der Waals surface area contributed by atoms with Crippen LogP contribution in [0, 0.1) is 28.6 Å². The number of carboxylic acid groups (broad SMARTS) is 1. The summed E-state index contributed by atoms with van der Waals surface area (Å²) in [6.45, 7) is 4.03. The topological polar surface area (TPSA) is 94.8 Å². The Morgan fingerprint density at radius 1 is 1.20 bits per heavy atom. The van der Waals surface area contributed by atoms with Gasteiger partial charge in [0.15, 0.2) is 11.4 Å². The van der Waals surface area contributed by atoms with Gasteiger partial charge in [-0.1, -0.05) is 19.4 Å². The molecule has 25 heavy (non-hydrogen) atoms. The van der Waals surface area contributed by atoms with E-state index in [2.05, 4.69) is 6.92 Å². The van der Waals surface area contributed by atoms with Gasteiger partial charge >= 0.3 is 5.97 Å². The van der Waals surface area contributed by atoms with E-state index in [1.807, 2.05) is 6.92 Å². The molecule has 5 heteroatoms. The molecule has 0 spiro atoms. The van der Waals surface area contributed by atoms with Gasteiger partial charge in [-0.3, -0.25) is 4.79 Å². The monoisotopic (exact) mass is 348 g/mol. The van der Waals surface area contributed by atoms with E-state index in [0.717, 1.165) is 19.3 Å². The summed E-state index contributed by atoms with van der Waals surface area (Å²) >= 11 is 0. The van der Waals surface area contributed by atoms with Crippen LogP contribution in [0.2, 0.25) is 0 Å². The molecule has 138 valence electrons. The van der Waals surface area contributed by atoms with Gasteiger partial charge in [0.2, 0.25) is 0 Å². The smallest absolute Gasteiger partial charge is 0.336 e. The van der Waals surface area contributed by atoms with Gasteiger partial charge in [-0.05, 0) is 67.8 Å². The molecule has 5 nitrogen and oxygen atoms in total. The number of hydrogen-bond acceptors (Lipinski definition) is 4. The fourth-order valence-electron chi connectivity index (χ4n) is 7.04. The predicted molar refractivity (Wildman–Crippen MR) is 90.7 cm³/mol. The molecule has 0 radical (unpaired) electrons. The zero-order valence-electron chi connectivity index (χ0n) is 15.0. The molecule has 4 aliphatic carbocycles. The molecule has 0 aliphatic heterocycles. The molecule has 4 rings (SSSR count). The highest BCUT2D eigenvalue weighted by Gasteiger charge is 2.68. The molecule has 3 N–H and O–H groups in total. The number of carbonyl (C=O) groups excluding carboxylic acids is 1. The molecule has 0 aromatic heterocycles. The first-order valence-corrected chi connectivity index (χ1v) is 9.51. The van der Waals surface area contributed by atoms with Gasteiger partial charge in [0.25, 0.3) is 0 Å². The van der Waals surface area contributed by atoms with Crippen molar-refractivity contribution in [1.82, 2.24) is 0 Å². The molecule has 0 amide bonds. The predicted octanol–water partition coefficient (Wildman–Crippen LogP) is 2.30. The summed E-state index contributed by atoms with van der Waals surface area (Å²) in [5.41, 5.74) is -1.55. The van der Waals surface area contributed by atoms with Crippen LogP contribution in [0.3, 0.4) is 0 Å². The first-order chi connectivity index (χ1) is 11.6. The highest BCUT2D eigenvalue weighted by Crippen LogP contribution is 2.67. The van der Waals surface area contributed by atoms with E-state index < -0.39 is 23.1 Å². The van der Waals surface area contributed by atoms with E-state index in [1.54, 1.807) is 6.08 Å². The maximum atomic E-state index is 11.9. The zero-order valence-corrected chi connectivity index (χ0v) is 15.0. The van der Waals surface area contributed by atoms with E-state index in [9.17, 15) is 24.9 Å². The maximum absolute atomic E-state index is 11.9. The van der Waals surface area contributed by atoms with Crippen LogP contribution in [0.1, 0.15) is 58.8 Å². The molecule has 0 aromatic carbocycles. The second-order valence-electron chi connectivity index (χ2n) is 9.28. The van der Waals surface area contributed by atoms with Crippen molar-refractivity contribution >= 4 is 11.8 Å². The fourth-order valence-corrected chi connectivity index (χ4v) is 7.04. The minimum Gasteiger partial charge on any atom is -0.479 e. The summed E-state index contributed by atoms with van der Waals surface area (Å²) in [6.07, 6.45) is 5.43. The van der Waals surface area contributed by atoms with Crippen LogP contribution in [0.25, 0.3) is 0 Å². The summed E-state index contributed by atoms with van der Waals surface area (Å²) in [6, 6.07) is 0. The molecule has 2 unspecified atom stereocenters. The Labute approximate surface area is 148 Å². The van der Waals surface area contributed by atoms with E-state index in [1.165, 1.54) is 5.57 Å². The van der Waals surface area contributed by atoms with Gasteiger partial charge in [-0.15, -0.1) is 0 Å². The number of fused-ring (bicyclic) bond motifs is 5. The molecule has 0 bridgehead atoms. The number of carbonyl (C=O) groups is 2. The number of aliphatic carboxylic acids is 1. The van der Waals surface area contributed by atoms with Crippen molar-refractivity contribution in [2.75, 3.05) is 0 Å². The molecule has 0 saturated heterocycles. The van der Waals surface area contributed by atoms with E-state index in [-0.39, 0.29) is 35.4 Å². The molecular formula is C20H28O5. The van der Waals surface area contributed by atoms with Gasteiger partial charge in [0.1, 0.15) is 0 Å². The Kier molecular flexibility index (Phi) is 3.56. The van der Waals surface area contributed by atoms with Crippen LogP contribution in [0.5, 0.6) is 0 Å². The Hall–Kier alpha value is -1.20. The number of ketones is 1. The number of carboxylic acids is 1. The maximum Gasteiger partial charge on any atom is 0.336 e. The Bertz CT molecular complexity index is 669. The van der Waals surface area contributed by atoms with Crippen LogP contribution in [0.4, 0.5) is 0 Å². The minimum absolute atomic E-state index is 0.0508. The van der Waals surface area contributed by atoms with Crippen molar-refractivity contribution in [1.29, 1.82) is 0 Å². The van der Waals surface area contributed by atoms with Crippen LogP contribution in [-0.4, -0.2) is 38.8 Å². The van der Waals surface area contributed by atoms with Crippen molar-refractivity contribution in [3.05, 3.63) is 11.6 Å². The van der Waals surface area contributed by atoms with Crippen molar-refractivity contribution in [2.24, 2.45) is 28.6 Å². The summed E-state index contributed by atoms with van der Waals surface area (Å²) < 4.78 is 0. The van der Waals surface area contributed by atoms with E-state index in [4.69, 9.17) is 0 Å². The molecular weight excluding hydrogens is 320 g/mol. The molecule has 0 heterocycles. The van der Waals surface area contributed by atoms with Crippen molar-refractivity contribution < 1.29 is 24.9 Å². The third kappa shape index (κ3) is 2.02. The first-order valence-electron chi connectivity index (χ1n) is 9.51. The van der Waals surface area contributed by atoms with Crippen LogP contribution >= 0.6 is 0 Å². The average Bonchev–Trinajstić information content (AvgIpc) is 2.80. The van der Waals surface area contributed by atoms with Crippen LogP contribution in [0.15, 0.2) is 11.6 Å². The number of aliphatic hydroxyl groups is 2. The van der Waals surface area contributed by atoms with Crippen molar-refractivity contribution in [3.8, 4) is 0 Å². The third-order valence-electron chi connectivity index (χ3n) is 8.40. The third-order valence-corrected chi connectivity index (χ3v) is 8.40. The summed E-state index contributed by atoms with van der Waals surface area (Å²) in [5, 5.41) is 31.6. The van der Waals surface area contributed by atoms with Gasteiger partial charge in [-0.2, -0.15) is 0 Å². The summed E-state index contributed by atoms with van der Waals surface area (Å²) in [5.74, 6) is -0.610. The quantitative estimate of drug-likeness (QED) is 0.676. The average molecular weight is 348 g/mol. The Morgan fingerprint density at radius 2 is 1.92 bits per heavy atom. The Morgan fingerprint density at radius 3 is 2.60 bits per heavy atom. The number of aliphatic hydroxyl groups excluding tert-OH is 1. The molecule has 0 aromatic rings. The van der Waals surface area contributed by atoms with Crippen molar-refractivity contribution in [2.45, 2.75) is 70.5 Å². The molecule has 3 saturated carbocycles. The fraction of sp³-hybridized carbons (Fsp3) is 0.800. The number of allylic oxidation sites excluding steroid dienone is 1. The van der Waals surface area contributed by atoms with Crippen molar-refractivity contribution in [3.63, 3.8) is 0 Å². The second kappa shape index (κ2) is 5.17. The molecule has 4 aliphatic rings. The number of rotatable bonds is 1. The first kappa shape index (κ1) is 17.2. The molecule has 7 atom stereocenters. The normalized spacial score (nSPS) is 52.0. The van der Waals surface area contributed by atoms with Gasteiger partial charge < -0.3 is 15.3 Å². The lowest BCUT2D eigenvalue weighted by atomic mass is 9.45. The van der Waals surface area contributed by atoms with Crippen LogP contribution < -0.4 is 0 Å². The van der Waals surface area contributed by atoms with Gasteiger partial charge in [0.05, 0.1) is 6.10 Å². The lowest BCUT2D eigenvalue weighted by Crippen LogP contribution is -2.61. The second-order valence-corrected chi connectivity index (χ2v) is 9.28. The SMILES string of the molecule is C[C@]12CCC(=O)C=C1CC[C@@H]1C2[C@@H](O)C[C@@]2(C)C1CC[C@]2(O)C(=O)O. The standard InChI is InChI=1S/C20H28O5/c1-18-7-5-12(21)9-11(18)3-4-13-14-6-8-20(25,17(23)24)19(14,2)10-15(22)16(13)18/h9,13-16,22,25H,3-8,10H2,1-2H3,(H,23,24)/t13-,14?,15-,16?,18-,19-,20-/m0/s1. The summed E-state index contributed by atoms with van der Waals surface area (Å²) in [4.78, 5) is 23.7. The zero-order chi connectivity index (χ0) is 18.2. The lowest BCUT2D eigenvalue weighted by Gasteiger charge is -2.60. The van der Waals surface area contributed by atoms with E-state index in [0.29, 0.717) is 19.3 Å². The highest BCUT2D eigenvalue weighted by molar-refractivity contribution is 5.91. The summed E-state index contributed by atoms with van der Waals surface area (Å²) in [7, 11) is 0. The highest BCUT2D eigenvalue weighted by atomic mass is 16.4. The van der Waals surface area contributed by atoms with E-state index >= 15 is 0 Å². The largest absolute Gasteiger partial charge is 0.479 e. The molecule has 3 fully saturated rings. The lowest BCUT2D eigenvalue weighted by molar-refractivity contribution is -0.194. The van der Waals surface area contributed by atoms with Gasteiger partial charge in [0, 0.05) is 11.8 Å². The van der Waals surface area contributed by atoms with Crippen LogP contribution in [-0.2, 0) is 9.59 Å². The van der Waals surface area contributed by atoms with Gasteiger partial charge in [-0.25, -0.2) is 4.79 Å². The Balaban J connectivity index is 1.75. The minimum atomic E-state index is -1.75. The number of hydrogen-bond donors (Lipinski definition) is 3.